The standard InChI is InChI=1S/C13H18N2O5/c1-13(2,3)20-12(18)15-9(11(16)17)8-6-5-7-14-10(8)19-4/h5-7,9H,1-4H3,(H,15,18)(H,16,17)/t9-/m1/s1. The van der Waals surface area contributed by atoms with E-state index >= 15 is 0 Å². The van der Waals surface area contributed by atoms with E-state index in [-0.39, 0.29) is 11.4 Å². The molecule has 1 heterocycles. The number of alkyl carbamates (subject to hydrolysis) is 1. The molecule has 1 atom stereocenters. The minimum atomic E-state index is -1.30. The van der Waals surface area contributed by atoms with Crippen LogP contribution in [0.25, 0.3) is 0 Å². The molecule has 0 saturated carbocycles. The predicted octanol–water partition coefficient (Wildman–Crippen LogP) is 1.74. The van der Waals surface area contributed by atoms with E-state index in [4.69, 9.17) is 9.47 Å². The van der Waals surface area contributed by atoms with Gasteiger partial charge in [-0.3, -0.25) is 0 Å². The number of hydrogen-bond donors (Lipinski definition) is 2. The first-order valence-corrected chi connectivity index (χ1v) is 5.96. The van der Waals surface area contributed by atoms with E-state index in [1.54, 1.807) is 26.8 Å². The zero-order valence-corrected chi connectivity index (χ0v) is 11.8. The Kier molecular flexibility index (Phi) is 4.90. The van der Waals surface area contributed by atoms with E-state index in [2.05, 4.69) is 10.3 Å². The van der Waals surface area contributed by atoms with Crippen molar-refractivity contribution in [2.45, 2.75) is 32.4 Å². The highest BCUT2D eigenvalue weighted by molar-refractivity contribution is 5.82. The van der Waals surface area contributed by atoms with Crippen molar-refractivity contribution in [3.05, 3.63) is 23.9 Å². The molecule has 0 unspecified atom stereocenters. The van der Waals surface area contributed by atoms with Crippen molar-refractivity contribution in [1.29, 1.82) is 0 Å². The molecule has 20 heavy (non-hydrogen) atoms. The number of rotatable bonds is 4. The lowest BCUT2D eigenvalue weighted by Crippen LogP contribution is -2.38. The highest BCUT2D eigenvalue weighted by Gasteiger charge is 2.28. The summed E-state index contributed by atoms with van der Waals surface area (Å²) in [5.74, 6) is -1.10. The molecule has 0 aliphatic carbocycles. The van der Waals surface area contributed by atoms with Crippen LogP contribution in [-0.2, 0) is 9.53 Å². The van der Waals surface area contributed by atoms with Gasteiger partial charge in [-0.2, -0.15) is 0 Å². The first-order valence-electron chi connectivity index (χ1n) is 5.96. The number of carboxylic acids is 1. The number of aliphatic carboxylic acids is 1. The number of carboxylic acid groups (broad SMARTS) is 1. The lowest BCUT2D eigenvalue weighted by molar-refractivity contribution is -0.139. The van der Waals surface area contributed by atoms with Crippen molar-refractivity contribution in [3.8, 4) is 5.88 Å². The third-order valence-electron chi connectivity index (χ3n) is 2.21. The number of hydrogen-bond acceptors (Lipinski definition) is 5. The number of ether oxygens (including phenoxy) is 2. The summed E-state index contributed by atoms with van der Waals surface area (Å²) in [6, 6.07) is 1.78. The second-order valence-corrected chi connectivity index (χ2v) is 5.02. The molecule has 2 N–H and O–H groups in total. The van der Waals surface area contributed by atoms with Gasteiger partial charge in [-0.1, -0.05) is 0 Å². The number of carbonyl (C=O) groups excluding carboxylic acids is 1. The highest BCUT2D eigenvalue weighted by Crippen LogP contribution is 2.23. The Hall–Kier alpha value is -2.31. The number of pyridine rings is 1. The summed E-state index contributed by atoms with van der Waals surface area (Å²) in [5.41, 5.74) is -0.472. The third-order valence-corrected chi connectivity index (χ3v) is 2.21. The molecule has 0 bridgehead atoms. The van der Waals surface area contributed by atoms with Crippen LogP contribution in [0.1, 0.15) is 32.4 Å². The Balaban J connectivity index is 2.96. The first-order chi connectivity index (χ1) is 9.24. The Morgan fingerprint density at radius 1 is 1.40 bits per heavy atom. The van der Waals surface area contributed by atoms with Crippen molar-refractivity contribution in [3.63, 3.8) is 0 Å². The molecule has 1 amide bonds. The zero-order valence-electron chi connectivity index (χ0n) is 11.8. The van der Waals surface area contributed by atoms with Crippen molar-refractivity contribution < 1.29 is 24.2 Å². The maximum absolute atomic E-state index is 11.7. The van der Waals surface area contributed by atoms with Crippen molar-refractivity contribution in [1.82, 2.24) is 10.3 Å². The van der Waals surface area contributed by atoms with Crippen LogP contribution < -0.4 is 10.1 Å². The van der Waals surface area contributed by atoms with Crippen molar-refractivity contribution in [2.75, 3.05) is 7.11 Å². The Labute approximate surface area is 116 Å². The smallest absolute Gasteiger partial charge is 0.408 e. The van der Waals surface area contributed by atoms with Gasteiger partial charge in [0.25, 0.3) is 0 Å². The molecular formula is C13H18N2O5. The number of aromatic nitrogens is 1. The van der Waals surface area contributed by atoms with E-state index in [9.17, 15) is 14.7 Å². The van der Waals surface area contributed by atoms with Crippen LogP contribution in [-0.4, -0.2) is 34.9 Å². The molecule has 7 heteroatoms. The largest absolute Gasteiger partial charge is 0.481 e. The van der Waals surface area contributed by atoms with Gasteiger partial charge in [0.15, 0.2) is 6.04 Å². The first kappa shape index (κ1) is 15.7. The monoisotopic (exact) mass is 282 g/mol. The number of amides is 1. The summed E-state index contributed by atoms with van der Waals surface area (Å²) in [4.78, 5) is 26.9. The van der Waals surface area contributed by atoms with Crippen LogP contribution >= 0.6 is 0 Å². The van der Waals surface area contributed by atoms with Crippen LogP contribution in [0.4, 0.5) is 4.79 Å². The van der Waals surface area contributed by atoms with Gasteiger partial charge in [-0.15, -0.1) is 0 Å². The minimum absolute atomic E-state index is 0.135. The molecule has 0 saturated heterocycles. The Morgan fingerprint density at radius 3 is 2.55 bits per heavy atom. The molecular weight excluding hydrogens is 264 g/mol. The molecule has 0 aromatic carbocycles. The van der Waals surface area contributed by atoms with Crippen LogP contribution in [0.3, 0.4) is 0 Å². The Bertz CT molecular complexity index is 496. The van der Waals surface area contributed by atoms with Crippen LogP contribution in [0.15, 0.2) is 18.3 Å². The number of carbonyl (C=O) groups is 2. The van der Waals surface area contributed by atoms with Gasteiger partial charge in [0.2, 0.25) is 5.88 Å². The summed E-state index contributed by atoms with van der Waals surface area (Å²) in [6.07, 6.45) is 0.644. The summed E-state index contributed by atoms with van der Waals surface area (Å²) in [6.45, 7) is 5.06. The zero-order chi connectivity index (χ0) is 15.3. The summed E-state index contributed by atoms with van der Waals surface area (Å²) in [7, 11) is 1.37. The number of nitrogens with zero attached hydrogens (tertiary/aromatic N) is 1. The SMILES string of the molecule is COc1ncccc1[C@@H](NC(=O)OC(C)(C)C)C(=O)O. The molecule has 0 aliphatic rings. The maximum atomic E-state index is 11.7. The fourth-order valence-electron chi connectivity index (χ4n) is 1.49. The molecule has 1 aromatic rings. The lowest BCUT2D eigenvalue weighted by atomic mass is 10.1. The molecule has 0 spiro atoms. The van der Waals surface area contributed by atoms with Gasteiger partial charge in [0.1, 0.15) is 5.60 Å². The lowest BCUT2D eigenvalue weighted by Gasteiger charge is -2.22. The fourth-order valence-corrected chi connectivity index (χ4v) is 1.49. The van der Waals surface area contributed by atoms with E-state index in [1.807, 2.05) is 0 Å². The van der Waals surface area contributed by atoms with E-state index < -0.39 is 23.7 Å². The average molecular weight is 282 g/mol. The van der Waals surface area contributed by atoms with E-state index in [1.165, 1.54) is 19.4 Å². The fraction of sp³-hybridized carbons (Fsp3) is 0.462. The Morgan fingerprint density at radius 2 is 2.05 bits per heavy atom. The van der Waals surface area contributed by atoms with Gasteiger partial charge in [0, 0.05) is 11.8 Å². The topological polar surface area (TPSA) is 97.8 Å². The molecule has 110 valence electrons. The molecule has 1 rings (SSSR count). The van der Waals surface area contributed by atoms with Crippen LogP contribution in [0.5, 0.6) is 5.88 Å². The summed E-state index contributed by atoms with van der Waals surface area (Å²) < 4.78 is 10.0. The second kappa shape index (κ2) is 6.23. The molecule has 0 aliphatic heterocycles. The van der Waals surface area contributed by atoms with Crippen LogP contribution in [0, 0.1) is 0 Å². The highest BCUT2D eigenvalue weighted by atomic mass is 16.6. The van der Waals surface area contributed by atoms with Crippen molar-refractivity contribution in [2.24, 2.45) is 0 Å². The van der Waals surface area contributed by atoms with Gasteiger partial charge >= 0.3 is 12.1 Å². The normalized spacial score (nSPS) is 12.4. The third kappa shape index (κ3) is 4.42. The molecule has 1 aromatic heterocycles. The maximum Gasteiger partial charge on any atom is 0.408 e. The summed E-state index contributed by atoms with van der Waals surface area (Å²) in [5, 5.41) is 11.5. The van der Waals surface area contributed by atoms with Gasteiger partial charge in [-0.25, -0.2) is 14.6 Å². The average Bonchev–Trinajstić information content (AvgIpc) is 2.33. The van der Waals surface area contributed by atoms with Crippen molar-refractivity contribution >= 4 is 12.1 Å². The quantitative estimate of drug-likeness (QED) is 0.873. The predicted molar refractivity (Wildman–Crippen MR) is 70.5 cm³/mol. The molecule has 7 nitrogen and oxygen atoms in total. The second-order valence-electron chi connectivity index (χ2n) is 5.02. The number of nitrogens with one attached hydrogen (secondary N) is 1. The number of methoxy groups -OCH3 is 1. The van der Waals surface area contributed by atoms with Crippen LogP contribution in [0.2, 0.25) is 0 Å². The van der Waals surface area contributed by atoms with Gasteiger partial charge < -0.3 is 19.9 Å². The van der Waals surface area contributed by atoms with E-state index in [0.29, 0.717) is 0 Å². The molecule has 0 fully saturated rings. The van der Waals surface area contributed by atoms with Gasteiger partial charge in [-0.05, 0) is 32.9 Å². The molecule has 0 radical (unpaired) electrons. The van der Waals surface area contributed by atoms with Gasteiger partial charge in [0.05, 0.1) is 7.11 Å². The summed E-state index contributed by atoms with van der Waals surface area (Å²) >= 11 is 0. The van der Waals surface area contributed by atoms with E-state index in [0.717, 1.165) is 0 Å². The minimum Gasteiger partial charge on any atom is -0.481 e.